The van der Waals surface area contributed by atoms with Gasteiger partial charge in [0.25, 0.3) is 10.0 Å². The Balaban J connectivity index is 1.76. The van der Waals surface area contributed by atoms with Gasteiger partial charge in [-0.05, 0) is 62.1 Å². The third kappa shape index (κ3) is 4.07. The zero-order valence-corrected chi connectivity index (χ0v) is 16.1. The molecule has 8 heteroatoms. The second-order valence-corrected chi connectivity index (χ2v) is 8.27. The van der Waals surface area contributed by atoms with Crippen molar-refractivity contribution in [3.8, 4) is 5.75 Å². The van der Waals surface area contributed by atoms with Crippen LogP contribution in [0.4, 0.5) is 11.6 Å². The van der Waals surface area contributed by atoms with Gasteiger partial charge in [-0.3, -0.25) is 4.72 Å². The molecule has 0 spiro atoms. The molecule has 0 aliphatic heterocycles. The lowest BCUT2D eigenvalue weighted by molar-refractivity contribution is 0.411. The van der Waals surface area contributed by atoms with Crippen molar-refractivity contribution >= 4 is 21.7 Å². The SMILES string of the molecule is COc1cc(C)c(S(=O)(=O)Nc2ccc(NC3CCCC3)nn2)cc1C. The molecule has 26 heavy (non-hydrogen) atoms. The minimum Gasteiger partial charge on any atom is -0.496 e. The van der Waals surface area contributed by atoms with Crippen LogP contribution in [0.25, 0.3) is 0 Å². The van der Waals surface area contributed by atoms with Crippen molar-refractivity contribution in [2.24, 2.45) is 0 Å². The molecule has 140 valence electrons. The molecule has 2 N–H and O–H groups in total. The van der Waals surface area contributed by atoms with E-state index in [0.29, 0.717) is 23.2 Å². The Morgan fingerprint density at radius 2 is 1.69 bits per heavy atom. The van der Waals surface area contributed by atoms with Gasteiger partial charge in [0.2, 0.25) is 0 Å². The van der Waals surface area contributed by atoms with Gasteiger partial charge < -0.3 is 10.1 Å². The maximum absolute atomic E-state index is 12.7. The van der Waals surface area contributed by atoms with E-state index in [9.17, 15) is 8.42 Å². The van der Waals surface area contributed by atoms with Crippen molar-refractivity contribution in [2.75, 3.05) is 17.1 Å². The molecule has 1 aliphatic carbocycles. The second kappa shape index (κ2) is 7.49. The summed E-state index contributed by atoms with van der Waals surface area (Å²) in [7, 11) is -2.19. The average Bonchev–Trinajstić information content (AvgIpc) is 3.11. The Morgan fingerprint density at radius 1 is 1.04 bits per heavy atom. The second-order valence-electron chi connectivity index (χ2n) is 6.62. The van der Waals surface area contributed by atoms with Crippen LogP contribution in [0.3, 0.4) is 0 Å². The maximum atomic E-state index is 12.7. The predicted molar refractivity (Wildman–Crippen MR) is 101 cm³/mol. The van der Waals surface area contributed by atoms with E-state index in [-0.39, 0.29) is 10.7 Å². The van der Waals surface area contributed by atoms with Crippen molar-refractivity contribution in [1.82, 2.24) is 10.2 Å². The summed E-state index contributed by atoms with van der Waals surface area (Å²) in [6, 6.07) is 7.10. The van der Waals surface area contributed by atoms with Gasteiger partial charge in [0.1, 0.15) is 11.6 Å². The van der Waals surface area contributed by atoms with Crippen LogP contribution < -0.4 is 14.8 Å². The zero-order chi connectivity index (χ0) is 18.7. The summed E-state index contributed by atoms with van der Waals surface area (Å²) >= 11 is 0. The summed E-state index contributed by atoms with van der Waals surface area (Å²) in [5.74, 6) is 1.51. The first-order valence-corrected chi connectivity index (χ1v) is 10.2. The first kappa shape index (κ1) is 18.4. The molecule has 1 aromatic heterocycles. The molecule has 1 heterocycles. The quantitative estimate of drug-likeness (QED) is 0.804. The Hall–Kier alpha value is -2.35. The zero-order valence-electron chi connectivity index (χ0n) is 15.2. The van der Waals surface area contributed by atoms with E-state index >= 15 is 0 Å². The van der Waals surface area contributed by atoms with Crippen LogP contribution >= 0.6 is 0 Å². The molecule has 0 bridgehead atoms. The van der Waals surface area contributed by atoms with Crippen LogP contribution in [-0.2, 0) is 10.0 Å². The van der Waals surface area contributed by atoms with Crippen LogP contribution in [0.1, 0.15) is 36.8 Å². The van der Waals surface area contributed by atoms with Crippen LogP contribution in [-0.4, -0.2) is 31.8 Å². The van der Waals surface area contributed by atoms with Gasteiger partial charge in [0.05, 0.1) is 12.0 Å². The largest absolute Gasteiger partial charge is 0.496 e. The lowest BCUT2D eigenvalue weighted by Crippen LogP contribution is -2.18. The maximum Gasteiger partial charge on any atom is 0.263 e. The number of anilines is 2. The molecule has 0 unspecified atom stereocenters. The van der Waals surface area contributed by atoms with Gasteiger partial charge in [0, 0.05) is 6.04 Å². The lowest BCUT2D eigenvalue weighted by Gasteiger charge is -2.14. The van der Waals surface area contributed by atoms with Crippen molar-refractivity contribution in [3.63, 3.8) is 0 Å². The molecular weight excluding hydrogens is 352 g/mol. The molecule has 1 saturated carbocycles. The van der Waals surface area contributed by atoms with Crippen molar-refractivity contribution < 1.29 is 13.2 Å². The van der Waals surface area contributed by atoms with Gasteiger partial charge in [0.15, 0.2) is 5.82 Å². The molecular formula is C18H24N4O3S. The van der Waals surface area contributed by atoms with Gasteiger partial charge >= 0.3 is 0 Å². The van der Waals surface area contributed by atoms with E-state index < -0.39 is 10.0 Å². The number of aromatic nitrogens is 2. The molecule has 3 rings (SSSR count). The van der Waals surface area contributed by atoms with Gasteiger partial charge in [-0.2, -0.15) is 0 Å². The monoisotopic (exact) mass is 376 g/mol. The van der Waals surface area contributed by atoms with Crippen molar-refractivity contribution in [2.45, 2.75) is 50.5 Å². The number of aryl methyl sites for hydroxylation is 2. The molecule has 0 atom stereocenters. The third-order valence-corrected chi connectivity index (χ3v) is 6.09. The van der Waals surface area contributed by atoms with Crippen LogP contribution in [0.15, 0.2) is 29.2 Å². The molecule has 7 nitrogen and oxygen atoms in total. The van der Waals surface area contributed by atoms with Crippen LogP contribution in [0.5, 0.6) is 5.75 Å². The Bertz CT molecular complexity index is 876. The molecule has 0 amide bonds. The van der Waals surface area contributed by atoms with E-state index in [0.717, 1.165) is 18.4 Å². The Morgan fingerprint density at radius 3 is 2.31 bits per heavy atom. The fraction of sp³-hybridized carbons (Fsp3) is 0.444. The smallest absolute Gasteiger partial charge is 0.263 e. The summed E-state index contributed by atoms with van der Waals surface area (Å²) in [6.45, 7) is 3.54. The number of methoxy groups -OCH3 is 1. The fourth-order valence-corrected chi connectivity index (χ4v) is 4.52. The lowest BCUT2D eigenvalue weighted by atomic mass is 10.1. The van der Waals surface area contributed by atoms with E-state index in [1.165, 1.54) is 12.8 Å². The van der Waals surface area contributed by atoms with E-state index in [1.807, 2.05) is 0 Å². The standard InChI is InChI=1S/C18H24N4O3S/c1-12-11-16(13(2)10-15(12)25-3)26(23,24)22-18-9-8-17(20-21-18)19-14-6-4-5-7-14/h8-11,14H,4-7H2,1-3H3,(H,19,20)(H,21,22). The van der Waals surface area contributed by atoms with Gasteiger partial charge in [-0.25, -0.2) is 8.42 Å². The minimum atomic E-state index is -3.76. The average molecular weight is 376 g/mol. The van der Waals surface area contributed by atoms with Crippen LogP contribution in [0, 0.1) is 13.8 Å². The number of nitrogens with zero attached hydrogens (tertiary/aromatic N) is 2. The highest BCUT2D eigenvalue weighted by atomic mass is 32.2. The number of benzene rings is 1. The summed E-state index contributed by atoms with van der Waals surface area (Å²) < 4.78 is 33.1. The minimum absolute atomic E-state index is 0.190. The van der Waals surface area contributed by atoms with Crippen molar-refractivity contribution in [1.29, 1.82) is 0 Å². The Labute approximate surface area is 154 Å². The number of hydrogen-bond acceptors (Lipinski definition) is 6. The van der Waals surface area contributed by atoms with Crippen molar-refractivity contribution in [3.05, 3.63) is 35.4 Å². The van der Waals surface area contributed by atoms with E-state index in [4.69, 9.17) is 4.74 Å². The molecule has 0 saturated heterocycles. The van der Waals surface area contributed by atoms with E-state index in [1.54, 1.807) is 45.2 Å². The summed E-state index contributed by atoms with van der Waals surface area (Å²) in [5, 5.41) is 11.4. The highest BCUT2D eigenvalue weighted by Crippen LogP contribution is 2.27. The topological polar surface area (TPSA) is 93.2 Å². The number of sulfonamides is 1. The van der Waals surface area contributed by atoms with Gasteiger partial charge in [-0.1, -0.05) is 12.8 Å². The van der Waals surface area contributed by atoms with Gasteiger partial charge in [-0.15, -0.1) is 10.2 Å². The molecule has 0 radical (unpaired) electrons. The van der Waals surface area contributed by atoms with E-state index in [2.05, 4.69) is 20.2 Å². The molecule has 1 aliphatic rings. The van der Waals surface area contributed by atoms with Crippen LogP contribution in [0.2, 0.25) is 0 Å². The molecule has 2 aromatic rings. The highest BCUT2D eigenvalue weighted by Gasteiger charge is 2.20. The number of nitrogens with one attached hydrogen (secondary N) is 2. The fourth-order valence-electron chi connectivity index (χ4n) is 3.21. The summed E-state index contributed by atoms with van der Waals surface area (Å²) in [6.07, 6.45) is 4.71. The highest BCUT2D eigenvalue weighted by molar-refractivity contribution is 7.92. The predicted octanol–water partition coefficient (Wildman–Crippen LogP) is 3.26. The summed E-state index contributed by atoms with van der Waals surface area (Å²) in [5.41, 5.74) is 1.35. The first-order valence-electron chi connectivity index (χ1n) is 8.67. The molecule has 1 fully saturated rings. The summed E-state index contributed by atoms with van der Waals surface area (Å²) in [4.78, 5) is 0.200. The number of hydrogen-bond donors (Lipinski definition) is 2. The first-order chi connectivity index (χ1) is 12.4. The number of ether oxygens (including phenoxy) is 1. The molecule has 1 aromatic carbocycles. The Kier molecular flexibility index (Phi) is 5.31. The normalized spacial score (nSPS) is 15.0. The third-order valence-electron chi connectivity index (χ3n) is 4.59. The number of rotatable bonds is 6.